The molecule has 78 valence electrons. The molecule has 0 heterocycles. The summed E-state index contributed by atoms with van der Waals surface area (Å²) in [6.07, 6.45) is 4.99. The normalized spacial score (nSPS) is 10.5. The van der Waals surface area contributed by atoms with E-state index in [0.29, 0.717) is 0 Å². The molecule has 0 atom stereocenters. The maximum Gasteiger partial charge on any atom is 0.0611 e. The molecular formula is C10H16N2S2. The molecule has 0 fully saturated rings. The van der Waals surface area contributed by atoms with E-state index in [0.717, 1.165) is 27.6 Å². The van der Waals surface area contributed by atoms with Gasteiger partial charge in [-0.15, -0.1) is 23.5 Å². The summed E-state index contributed by atoms with van der Waals surface area (Å²) in [6, 6.07) is 2.09. The van der Waals surface area contributed by atoms with Crippen molar-refractivity contribution in [1.29, 1.82) is 0 Å². The first kappa shape index (κ1) is 11.6. The third-order valence-electron chi connectivity index (χ3n) is 2.21. The first-order valence-electron chi connectivity index (χ1n) is 4.44. The molecule has 0 aliphatic carbocycles. The largest absolute Gasteiger partial charge is 0.398 e. The highest BCUT2D eigenvalue weighted by Gasteiger charge is 2.11. The van der Waals surface area contributed by atoms with Crippen molar-refractivity contribution in [3.63, 3.8) is 0 Å². The number of aryl methyl sites for hydroxylation is 1. The van der Waals surface area contributed by atoms with Gasteiger partial charge in [-0.25, -0.2) is 0 Å². The molecule has 0 bridgehead atoms. The van der Waals surface area contributed by atoms with Crippen LogP contribution in [0, 0.1) is 0 Å². The zero-order valence-electron chi connectivity index (χ0n) is 8.76. The Kier molecular flexibility index (Phi) is 4.01. The van der Waals surface area contributed by atoms with Crippen LogP contribution in [-0.4, -0.2) is 12.5 Å². The molecule has 4 heteroatoms. The second-order valence-electron chi connectivity index (χ2n) is 2.95. The van der Waals surface area contributed by atoms with Gasteiger partial charge in [0.1, 0.15) is 0 Å². The molecule has 0 aromatic heterocycles. The lowest BCUT2D eigenvalue weighted by Gasteiger charge is -2.14. The van der Waals surface area contributed by atoms with Crippen molar-refractivity contribution in [1.82, 2.24) is 0 Å². The van der Waals surface area contributed by atoms with E-state index in [2.05, 4.69) is 13.0 Å². The zero-order chi connectivity index (χ0) is 10.7. The van der Waals surface area contributed by atoms with E-state index in [9.17, 15) is 0 Å². The second kappa shape index (κ2) is 4.84. The molecule has 0 saturated carbocycles. The molecule has 0 aliphatic heterocycles. The Morgan fingerprint density at radius 1 is 1.14 bits per heavy atom. The van der Waals surface area contributed by atoms with E-state index in [1.807, 2.05) is 12.5 Å². The van der Waals surface area contributed by atoms with Crippen molar-refractivity contribution >= 4 is 34.9 Å². The summed E-state index contributed by atoms with van der Waals surface area (Å²) in [5, 5.41) is 0. The van der Waals surface area contributed by atoms with Gasteiger partial charge in [0.25, 0.3) is 0 Å². The fraction of sp³-hybridized carbons (Fsp3) is 0.400. The number of thioether (sulfide) groups is 2. The van der Waals surface area contributed by atoms with Gasteiger partial charge in [0.05, 0.1) is 16.3 Å². The molecule has 0 radical (unpaired) electrons. The maximum absolute atomic E-state index is 6.02. The lowest BCUT2D eigenvalue weighted by molar-refractivity contribution is 1.11. The molecule has 0 aliphatic rings. The summed E-state index contributed by atoms with van der Waals surface area (Å²) in [5.74, 6) is 0. The number of hydrogen-bond donors (Lipinski definition) is 2. The van der Waals surface area contributed by atoms with Gasteiger partial charge >= 0.3 is 0 Å². The Bertz CT molecular complexity index is 309. The molecule has 0 saturated heterocycles. The van der Waals surface area contributed by atoms with Crippen LogP contribution in [-0.2, 0) is 6.42 Å². The Hall–Kier alpha value is -0.480. The van der Waals surface area contributed by atoms with Crippen molar-refractivity contribution in [3.05, 3.63) is 11.6 Å². The van der Waals surface area contributed by atoms with Gasteiger partial charge in [-0.3, -0.25) is 0 Å². The number of nitrogen functional groups attached to an aromatic ring is 2. The quantitative estimate of drug-likeness (QED) is 0.617. The minimum Gasteiger partial charge on any atom is -0.398 e. The van der Waals surface area contributed by atoms with Crippen molar-refractivity contribution in [3.8, 4) is 0 Å². The summed E-state index contributed by atoms with van der Waals surface area (Å²) >= 11 is 3.29. The van der Waals surface area contributed by atoms with Crippen molar-refractivity contribution in [2.45, 2.75) is 23.1 Å². The second-order valence-corrected chi connectivity index (χ2v) is 4.62. The fourth-order valence-corrected chi connectivity index (χ4v) is 2.73. The maximum atomic E-state index is 6.02. The van der Waals surface area contributed by atoms with E-state index >= 15 is 0 Å². The van der Waals surface area contributed by atoms with Gasteiger partial charge in [0, 0.05) is 4.90 Å². The summed E-state index contributed by atoms with van der Waals surface area (Å²) in [4.78, 5) is 2.15. The Balaban J connectivity index is 3.39. The minimum absolute atomic E-state index is 0.819. The predicted molar refractivity (Wildman–Crippen MR) is 68.2 cm³/mol. The van der Waals surface area contributed by atoms with E-state index < -0.39 is 0 Å². The number of benzene rings is 1. The lowest BCUT2D eigenvalue weighted by atomic mass is 10.1. The topological polar surface area (TPSA) is 52.0 Å². The third-order valence-corrected chi connectivity index (χ3v) is 3.84. The van der Waals surface area contributed by atoms with Gasteiger partial charge in [0.2, 0.25) is 0 Å². The van der Waals surface area contributed by atoms with Gasteiger partial charge < -0.3 is 11.5 Å². The van der Waals surface area contributed by atoms with Gasteiger partial charge in [-0.2, -0.15) is 0 Å². The molecule has 2 nitrogen and oxygen atoms in total. The molecule has 1 aromatic rings. The van der Waals surface area contributed by atoms with Gasteiger partial charge in [-0.1, -0.05) is 6.92 Å². The highest BCUT2D eigenvalue weighted by molar-refractivity contribution is 7.99. The van der Waals surface area contributed by atoms with Crippen LogP contribution in [0.2, 0.25) is 0 Å². The zero-order valence-corrected chi connectivity index (χ0v) is 10.4. The molecule has 0 amide bonds. The highest BCUT2D eigenvalue weighted by Crippen LogP contribution is 2.38. The Morgan fingerprint density at radius 2 is 1.79 bits per heavy atom. The summed E-state index contributed by atoms with van der Waals surface area (Å²) in [6.45, 7) is 2.11. The van der Waals surface area contributed by atoms with Crippen LogP contribution >= 0.6 is 23.5 Å². The number of anilines is 2. The van der Waals surface area contributed by atoms with Crippen LogP contribution in [0.5, 0.6) is 0 Å². The predicted octanol–water partition coefficient (Wildman–Crippen LogP) is 2.86. The molecule has 0 spiro atoms. The molecule has 0 unspecified atom stereocenters. The smallest absolute Gasteiger partial charge is 0.0611 e. The average molecular weight is 228 g/mol. The van der Waals surface area contributed by atoms with E-state index in [-0.39, 0.29) is 0 Å². The van der Waals surface area contributed by atoms with Crippen LogP contribution in [0.4, 0.5) is 11.4 Å². The SMILES string of the molecule is CCc1cc(SC)c(N)c(SC)c1N. The van der Waals surface area contributed by atoms with Crippen LogP contribution < -0.4 is 11.5 Å². The van der Waals surface area contributed by atoms with E-state index in [4.69, 9.17) is 11.5 Å². The summed E-state index contributed by atoms with van der Waals surface area (Å²) in [7, 11) is 0. The molecule has 4 N–H and O–H groups in total. The Labute approximate surface area is 93.8 Å². The highest BCUT2D eigenvalue weighted by atomic mass is 32.2. The lowest BCUT2D eigenvalue weighted by Crippen LogP contribution is -2.01. The van der Waals surface area contributed by atoms with Crippen molar-refractivity contribution in [2.75, 3.05) is 24.0 Å². The van der Waals surface area contributed by atoms with Crippen LogP contribution in [0.15, 0.2) is 15.9 Å². The van der Waals surface area contributed by atoms with Crippen molar-refractivity contribution in [2.24, 2.45) is 0 Å². The Morgan fingerprint density at radius 3 is 2.21 bits per heavy atom. The molecular weight excluding hydrogens is 212 g/mol. The number of hydrogen-bond acceptors (Lipinski definition) is 4. The molecule has 14 heavy (non-hydrogen) atoms. The average Bonchev–Trinajstić information content (AvgIpc) is 2.19. The molecule has 1 rings (SSSR count). The van der Waals surface area contributed by atoms with Crippen LogP contribution in [0.1, 0.15) is 12.5 Å². The first-order valence-corrected chi connectivity index (χ1v) is 6.89. The summed E-state index contributed by atoms with van der Waals surface area (Å²) < 4.78 is 0. The molecule has 1 aromatic carbocycles. The van der Waals surface area contributed by atoms with Crippen molar-refractivity contribution < 1.29 is 0 Å². The first-order chi connectivity index (χ1) is 6.65. The number of nitrogens with two attached hydrogens (primary N) is 2. The number of rotatable bonds is 3. The van der Waals surface area contributed by atoms with Gasteiger partial charge in [0.15, 0.2) is 0 Å². The van der Waals surface area contributed by atoms with Crippen LogP contribution in [0.25, 0.3) is 0 Å². The standard InChI is InChI=1S/C10H16N2S2/c1-4-6-5-7(13-2)9(12)10(14-3)8(6)11/h5H,4,11-12H2,1-3H3. The monoisotopic (exact) mass is 228 g/mol. The van der Waals surface area contributed by atoms with E-state index in [1.54, 1.807) is 23.5 Å². The third kappa shape index (κ3) is 1.96. The fourth-order valence-electron chi connectivity index (χ4n) is 1.40. The van der Waals surface area contributed by atoms with E-state index in [1.165, 1.54) is 5.56 Å². The van der Waals surface area contributed by atoms with Gasteiger partial charge in [-0.05, 0) is 30.6 Å². The summed E-state index contributed by atoms with van der Waals surface area (Å²) in [5.41, 5.74) is 14.9. The minimum atomic E-state index is 0.819. The van der Waals surface area contributed by atoms with Crippen LogP contribution in [0.3, 0.4) is 0 Å².